The molecule has 1 aromatic carbocycles. The monoisotopic (exact) mass is 194 g/mol. The zero-order chi connectivity index (χ0) is 10.6. The molecule has 1 aromatic rings. The van der Waals surface area contributed by atoms with E-state index >= 15 is 0 Å². The highest BCUT2D eigenvalue weighted by atomic mass is 16.4. The van der Waals surface area contributed by atoms with Crippen molar-refractivity contribution in [3.63, 3.8) is 0 Å². The highest BCUT2D eigenvalue weighted by Gasteiger charge is 2.11. The standard InChI is InChI=1S/C10H14N2O2/c11-6-8-3-1-2-7(4-8)5-9(12)10(13)14/h1-4,9H,5-6,11-12H2,(H,13,14)/t9-/m0/s1. The summed E-state index contributed by atoms with van der Waals surface area (Å²) >= 11 is 0. The van der Waals surface area contributed by atoms with E-state index in [2.05, 4.69) is 0 Å². The first-order chi connectivity index (χ1) is 6.63. The number of carboxylic acid groups (broad SMARTS) is 1. The third-order valence-corrected chi connectivity index (χ3v) is 2.00. The van der Waals surface area contributed by atoms with Gasteiger partial charge in [0, 0.05) is 6.54 Å². The SMILES string of the molecule is NCc1cccc(C[C@H](N)C(=O)O)c1. The summed E-state index contributed by atoms with van der Waals surface area (Å²) in [4.78, 5) is 10.5. The second-order valence-corrected chi connectivity index (χ2v) is 3.17. The Morgan fingerprint density at radius 1 is 1.43 bits per heavy atom. The predicted molar refractivity (Wildman–Crippen MR) is 53.6 cm³/mol. The van der Waals surface area contributed by atoms with Crippen LogP contribution in [0.1, 0.15) is 11.1 Å². The molecule has 0 spiro atoms. The zero-order valence-corrected chi connectivity index (χ0v) is 7.81. The molecule has 76 valence electrons. The number of rotatable bonds is 4. The van der Waals surface area contributed by atoms with E-state index in [1.54, 1.807) is 0 Å². The van der Waals surface area contributed by atoms with Gasteiger partial charge in [0.25, 0.3) is 0 Å². The molecule has 0 aliphatic heterocycles. The summed E-state index contributed by atoms with van der Waals surface area (Å²) in [7, 11) is 0. The number of benzene rings is 1. The number of aliphatic carboxylic acids is 1. The van der Waals surface area contributed by atoms with Gasteiger partial charge in [0.1, 0.15) is 6.04 Å². The van der Waals surface area contributed by atoms with Crippen molar-refractivity contribution in [3.8, 4) is 0 Å². The van der Waals surface area contributed by atoms with Gasteiger partial charge in [0.15, 0.2) is 0 Å². The molecule has 0 bridgehead atoms. The Morgan fingerprint density at radius 3 is 2.64 bits per heavy atom. The first kappa shape index (κ1) is 10.7. The van der Waals surface area contributed by atoms with Crippen LogP contribution in [0.25, 0.3) is 0 Å². The van der Waals surface area contributed by atoms with E-state index in [1.807, 2.05) is 24.3 Å². The lowest BCUT2D eigenvalue weighted by Crippen LogP contribution is -2.32. The number of hydrogen-bond acceptors (Lipinski definition) is 3. The average Bonchev–Trinajstić information content (AvgIpc) is 2.18. The molecule has 0 saturated heterocycles. The quantitative estimate of drug-likeness (QED) is 0.634. The van der Waals surface area contributed by atoms with E-state index in [0.717, 1.165) is 11.1 Å². The van der Waals surface area contributed by atoms with Crippen molar-refractivity contribution in [1.82, 2.24) is 0 Å². The van der Waals surface area contributed by atoms with E-state index in [-0.39, 0.29) is 0 Å². The molecule has 0 fully saturated rings. The number of hydrogen-bond donors (Lipinski definition) is 3. The van der Waals surface area contributed by atoms with Crippen molar-refractivity contribution in [2.45, 2.75) is 19.0 Å². The van der Waals surface area contributed by atoms with Gasteiger partial charge in [0.05, 0.1) is 0 Å². The minimum atomic E-state index is -0.983. The minimum Gasteiger partial charge on any atom is -0.480 e. The third kappa shape index (κ3) is 2.83. The Hall–Kier alpha value is -1.39. The Labute approximate surface area is 82.5 Å². The molecule has 0 amide bonds. The Morgan fingerprint density at radius 2 is 2.07 bits per heavy atom. The van der Waals surface area contributed by atoms with Crippen LogP contribution < -0.4 is 11.5 Å². The molecule has 1 atom stereocenters. The first-order valence-electron chi connectivity index (χ1n) is 4.39. The smallest absolute Gasteiger partial charge is 0.320 e. The Balaban J connectivity index is 2.71. The maximum absolute atomic E-state index is 10.5. The van der Waals surface area contributed by atoms with Crippen molar-refractivity contribution in [3.05, 3.63) is 35.4 Å². The lowest BCUT2D eigenvalue weighted by atomic mass is 10.0. The lowest BCUT2D eigenvalue weighted by molar-refractivity contribution is -0.138. The van der Waals surface area contributed by atoms with Crippen LogP contribution >= 0.6 is 0 Å². The largest absolute Gasteiger partial charge is 0.480 e. The predicted octanol–water partition coefficient (Wildman–Crippen LogP) is 0.0997. The lowest BCUT2D eigenvalue weighted by Gasteiger charge is -2.07. The molecule has 0 heterocycles. The molecule has 14 heavy (non-hydrogen) atoms. The van der Waals surface area contributed by atoms with E-state index < -0.39 is 12.0 Å². The van der Waals surface area contributed by atoms with Crippen LogP contribution in [-0.4, -0.2) is 17.1 Å². The van der Waals surface area contributed by atoms with Crippen molar-refractivity contribution in [1.29, 1.82) is 0 Å². The molecule has 0 aliphatic carbocycles. The topological polar surface area (TPSA) is 89.3 Å². The summed E-state index contributed by atoms with van der Waals surface area (Å²) in [6, 6.07) is 6.63. The van der Waals surface area contributed by atoms with E-state index in [4.69, 9.17) is 16.6 Å². The molecule has 4 nitrogen and oxygen atoms in total. The summed E-state index contributed by atoms with van der Waals surface area (Å²) in [6.45, 7) is 0.455. The summed E-state index contributed by atoms with van der Waals surface area (Å²) in [5.41, 5.74) is 12.8. The number of nitrogens with two attached hydrogens (primary N) is 2. The highest BCUT2D eigenvalue weighted by molar-refractivity contribution is 5.73. The second kappa shape index (κ2) is 4.74. The summed E-state index contributed by atoms with van der Waals surface area (Å²) in [5.74, 6) is -0.983. The van der Waals surface area contributed by atoms with E-state index in [0.29, 0.717) is 13.0 Å². The molecular weight excluding hydrogens is 180 g/mol. The zero-order valence-electron chi connectivity index (χ0n) is 7.81. The van der Waals surface area contributed by atoms with Crippen molar-refractivity contribution < 1.29 is 9.90 Å². The molecular formula is C10H14N2O2. The fourth-order valence-electron chi connectivity index (χ4n) is 1.22. The van der Waals surface area contributed by atoms with Gasteiger partial charge in [-0.15, -0.1) is 0 Å². The summed E-state index contributed by atoms with van der Waals surface area (Å²) in [6.07, 6.45) is 0.336. The maximum Gasteiger partial charge on any atom is 0.320 e. The van der Waals surface area contributed by atoms with Crippen LogP contribution in [0.5, 0.6) is 0 Å². The normalized spacial score (nSPS) is 12.4. The van der Waals surface area contributed by atoms with Crippen LogP contribution in [0.3, 0.4) is 0 Å². The fourth-order valence-corrected chi connectivity index (χ4v) is 1.22. The first-order valence-corrected chi connectivity index (χ1v) is 4.39. The van der Waals surface area contributed by atoms with Gasteiger partial charge in [-0.05, 0) is 17.5 Å². The number of carbonyl (C=O) groups is 1. The van der Waals surface area contributed by atoms with Gasteiger partial charge >= 0.3 is 5.97 Å². The summed E-state index contributed by atoms with van der Waals surface area (Å²) in [5, 5.41) is 8.62. The minimum absolute atomic E-state index is 0.336. The fraction of sp³-hybridized carbons (Fsp3) is 0.300. The third-order valence-electron chi connectivity index (χ3n) is 2.00. The van der Waals surface area contributed by atoms with Crippen LogP contribution in [-0.2, 0) is 17.8 Å². The van der Waals surface area contributed by atoms with Crippen molar-refractivity contribution >= 4 is 5.97 Å². The van der Waals surface area contributed by atoms with Crippen LogP contribution in [0.15, 0.2) is 24.3 Å². The van der Waals surface area contributed by atoms with Gasteiger partial charge in [0.2, 0.25) is 0 Å². The molecule has 1 rings (SSSR count). The maximum atomic E-state index is 10.5. The van der Waals surface area contributed by atoms with Crippen LogP contribution in [0.2, 0.25) is 0 Å². The average molecular weight is 194 g/mol. The number of carboxylic acids is 1. The van der Waals surface area contributed by atoms with Gasteiger partial charge < -0.3 is 16.6 Å². The van der Waals surface area contributed by atoms with Crippen LogP contribution in [0, 0.1) is 0 Å². The Bertz CT molecular complexity index is 326. The molecule has 0 saturated carbocycles. The highest BCUT2D eigenvalue weighted by Crippen LogP contribution is 2.06. The molecule has 0 aromatic heterocycles. The molecule has 0 unspecified atom stereocenters. The molecule has 0 radical (unpaired) electrons. The van der Waals surface area contributed by atoms with Gasteiger partial charge in [-0.2, -0.15) is 0 Å². The van der Waals surface area contributed by atoms with Gasteiger partial charge in [-0.1, -0.05) is 24.3 Å². The van der Waals surface area contributed by atoms with Gasteiger partial charge in [-0.25, -0.2) is 0 Å². The van der Waals surface area contributed by atoms with E-state index in [1.165, 1.54) is 0 Å². The molecule has 0 aliphatic rings. The van der Waals surface area contributed by atoms with Crippen LogP contribution in [0.4, 0.5) is 0 Å². The second-order valence-electron chi connectivity index (χ2n) is 3.17. The molecule has 4 heteroatoms. The van der Waals surface area contributed by atoms with Crippen molar-refractivity contribution in [2.75, 3.05) is 0 Å². The van der Waals surface area contributed by atoms with E-state index in [9.17, 15) is 4.79 Å². The Kier molecular flexibility index (Phi) is 3.62. The van der Waals surface area contributed by atoms with Crippen molar-refractivity contribution in [2.24, 2.45) is 11.5 Å². The molecule has 5 N–H and O–H groups in total. The summed E-state index contributed by atoms with van der Waals surface area (Å²) < 4.78 is 0. The van der Waals surface area contributed by atoms with Gasteiger partial charge in [-0.3, -0.25) is 4.79 Å².